The number of carbonyl (C=O) groups excluding carboxylic acids is 1. The quantitative estimate of drug-likeness (QED) is 0.220. The molecule has 0 radical (unpaired) electrons. The predicted molar refractivity (Wildman–Crippen MR) is 133 cm³/mol. The summed E-state index contributed by atoms with van der Waals surface area (Å²) < 4.78 is 15.0. The SMILES string of the molecule is C=Cc1cc(-c2cc(C#N)c(N3CCN(C(=O)CCOP(=O)([O-])[O-])[C@H](C4CC4)C3)nc2C2CC2)ccn1.[Na+].[Na+]. The number of hydrogen-bond donors (Lipinski definition) is 0. The molecule has 3 aliphatic rings. The van der Waals surface area contributed by atoms with Gasteiger partial charge in [0.25, 0.3) is 0 Å². The summed E-state index contributed by atoms with van der Waals surface area (Å²) in [6.45, 7) is 4.82. The molecule has 2 aromatic heterocycles. The van der Waals surface area contributed by atoms with Crippen LogP contribution in [0.15, 0.2) is 31.0 Å². The number of piperazine rings is 1. The van der Waals surface area contributed by atoms with Crippen LogP contribution >= 0.6 is 7.82 Å². The van der Waals surface area contributed by atoms with Crippen molar-refractivity contribution in [2.24, 2.45) is 5.92 Å². The minimum Gasteiger partial charge on any atom is -0.790 e. The van der Waals surface area contributed by atoms with Gasteiger partial charge < -0.3 is 28.7 Å². The molecule has 0 N–H and O–H groups in total. The molecule has 13 heteroatoms. The van der Waals surface area contributed by atoms with E-state index in [4.69, 9.17) is 4.98 Å². The monoisotopic (exact) mass is 567 g/mol. The first-order chi connectivity index (χ1) is 17.8. The summed E-state index contributed by atoms with van der Waals surface area (Å²) in [5.74, 6) is 1.11. The van der Waals surface area contributed by atoms with E-state index < -0.39 is 14.4 Å². The van der Waals surface area contributed by atoms with Crippen LogP contribution in [0.5, 0.6) is 0 Å². The second kappa shape index (κ2) is 13.7. The predicted octanol–water partition coefficient (Wildman–Crippen LogP) is -3.79. The van der Waals surface area contributed by atoms with Gasteiger partial charge >= 0.3 is 59.1 Å². The third-order valence-corrected chi connectivity index (χ3v) is 7.69. The van der Waals surface area contributed by atoms with Gasteiger partial charge in [0.1, 0.15) is 11.9 Å². The zero-order valence-electron chi connectivity index (χ0n) is 22.4. The molecule has 2 saturated carbocycles. The number of rotatable bonds is 9. The Morgan fingerprint density at radius 1 is 1.23 bits per heavy atom. The second-order valence-electron chi connectivity index (χ2n) is 9.82. The first-order valence-electron chi connectivity index (χ1n) is 12.5. The molecule has 2 aromatic rings. The van der Waals surface area contributed by atoms with Crippen LogP contribution in [-0.2, 0) is 13.9 Å². The summed E-state index contributed by atoms with van der Waals surface area (Å²) in [4.78, 5) is 47.5. The second-order valence-corrected chi connectivity index (χ2v) is 11.0. The van der Waals surface area contributed by atoms with Gasteiger partial charge in [0.15, 0.2) is 0 Å². The van der Waals surface area contributed by atoms with E-state index in [0.717, 1.165) is 48.2 Å². The standard InChI is InChI=1S/C26H30N5O5P.2Na/c1-2-21-13-19(7-9-28-21)22-14-20(15-27)26(29-25(22)18-5-6-18)30-10-11-31(23(16-30)17-3-4-17)24(32)8-12-36-37(33,34)35;;/h2,7,9,13-14,17-18,23H,1,3-6,8,10-12,16H2,(H2,33,34,35);;/q;2*+1/p-2/t23-;;/m0../s1. The van der Waals surface area contributed by atoms with Crippen molar-refractivity contribution in [1.82, 2.24) is 14.9 Å². The molecule has 0 spiro atoms. The summed E-state index contributed by atoms with van der Waals surface area (Å²) in [5, 5.41) is 10.1. The van der Waals surface area contributed by atoms with Gasteiger partial charge in [-0.1, -0.05) is 6.58 Å². The molecule has 5 rings (SSSR count). The number of carbonyl (C=O) groups is 1. The molecule has 0 aromatic carbocycles. The number of phosphoric ester groups is 1. The Hall–Kier alpha value is -1.09. The molecule has 0 bridgehead atoms. The van der Waals surface area contributed by atoms with Gasteiger partial charge in [-0.3, -0.25) is 9.78 Å². The topological polar surface area (TPSA) is 146 Å². The summed E-state index contributed by atoms with van der Waals surface area (Å²) in [5.41, 5.74) is 4.12. The largest absolute Gasteiger partial charge is 1.00 e. The Morgan fingerprint density at radius 3 is 2.59 bits per heavy atom. The molecular weight excluding hydrogens is 539 g/mol. The molecule has 2 aliphatic carbocycles. The van der Waals surface area contributed by atoms with E-state index >= 15 is 0 Å². The van der Waals surface area contributed by atoms with E-state index in [9.17, 15) is 24.4 Å². The minimum absolute atomic E-state index is 0. The average molecular weight is 567 g/mol. The summed E-state index contributed by atoms with van der Waals surface area (Å²) in [6, 6.07) is 8.06. The van der Waals surface area contributed by atoms with Gasteiger partial charge in [-0.25, -0.2) is 4.98 Å². The van der Waals surface area contributed by atoms with E-state index in [0.29, 0.717) is 42.9 Å². The van der Waals surface area contributed by atoms with Crippen LogP contribution in [0.2, 0.25) is 0 Å². The molecule has 3 heterocycles. The zero-order chi connectivity index (χ0) is 26.2. The van der Waals surface area contributed by atoms with Crippen LogP contribution in [0.3, 0.4) is 0 Å². The third-order valence-electron chi connectivity index (χ3n) is 7.19. The fourth-order valence-corrected chi connectivity index (χ4v) is 5.37. The Kier molecular flexibility index (Phi) is 11.4. The molecule has 0 unspecified atom stereocenters. The van der Waals surface area contributed by atoms with Gasteiger partial charge in [0.05, 0.1) is 43.8 Å². The van der Waals surface area contributed by atoms with Crippen LogP contribution in [-0.4, -0.2) is 53.1 Å². The molecule has 1 aliphatic heterocycles. The first-order valence-corrected chi connectivity index (χ1v) is 14.0. The summed E-state index contributed by atoms with van der Waals surface area (Å²) in [7, 11) is -5.11. The van der Waals surface area contributed by atoms with Crippen molar-refractivity contribution in [2.45, 2.75) is 44.1 Å². The molecular formula is C26H28N5Na2O5P. The Morgan fingerprint density at radius 2 is 1.97 bits per heavy atom. The Bertz CT molecular complexity index is 1310. The number of nitriles is 1. The van der Waals surface area contributed by atoms with E-state index in [1.807, 2.05) is 18.2 Å². The van der Waals surface area contributed by atoms with E-state index in [1.165, 1.54) is 0 Å². The van der Waals surface area contributed by atoms with Crippen LogP contribution in [0.1, 0.15) is 55.0 Å². The van der Waals surface area contributed by atoms with Crippen LogP contribution in [0, 0.1) is 17.2 Å². The zero-order valence-corrected chi connectivity index (χ0v) is 27.3. The molecule has 39 heavy (non-hydrogen) atoms. The van der Waals surface area contributed by atoms with Gasteiger partial charge in [-0.2, -0.15) is 5.26 Å². The van der Waals surface area contributed by atoms with Crippen LogP contribution in [0.25, 0.3) is 17.2 Å². The average Bonchev–Trinajstić information content (AvgIpc) is 3.80. The van der Waals surface area contributed by atoms with Gasteiger partial charge in [-0.05, 0) is 61.4 Å². The van der Waals surface area contributed by atoms with Gasteiger partial charge in [-0.15, -0.1) is 0 Å². The van der Waals surface area contributed by atoms with Crippen LogP contribution < -0.4 is 73.8 Å². The number of anilines is 1. The number of aromatic nitrogens is 2. The van der Waals surface area contributed by atoms with Crippen molar-refractivity contribution in [3.8, 4) is 17.2 Å². The number of amides is 1. The molecule has 1 atom stereocenters. The Labute approximate surface area is 272 Å². The summed E-state index contributed by atoms with van der Waals surface area (Å²) >= 11 is 0. The van der Waals surface area contributed by atoms with E-state index in [1.54, 1.807) is 17.2 Å². The number of pyridine rings is 2. The van der Waals surface area contributed by atoms with Crippen molar-refractivity contribution in [3.05, 3.63) is 47.9 Å². The summed E-state index contributed by atoms with van der Waals surface area (Å²) in [6.07, 6.45) is 7.38. The van der Waals surface area contributed by atoms with Crippen molar-refractivity contribution in [3.63, 3.8) is 0 Å². The van der Waals surface area contributed by atoms with Crippen molar-refractivity contribution < 1.29 is 82.8 Å². The maximum absolute atomic E-state index is 12.9. The Balaban J connectivity index is 0.00000210. The number of nitrogens with zero attached hydrogens (tertiary/aromatic N) is 5. The van der Waals surface area contributed by atoms with Crippen molar-refractivity contribution >= 4 is 25.6 Å². The van der Waals surface area contributed by atoms with Gasteiger partial charge in [0.2, 0.25) is 5.91 Å². The molecule has 3 fully saturated rings. The minimum atomic E-state index is -5.11. The maximum atomic E-state index is 12.9. The van der Waals surface area contributed by atoms with Crippen molar-refractivity contribution in [1.29, 1.82) is 5.26 Å². The fourth-order valence-electron chi connectivity index (χ4n) is 5.05. The van der Waals surface area contributed by atoms with Crippen molar-refractivity contribution in [2.75, 3.05) is 31.1 Å². The molecule has 194 valence electrons. The van der Waals surface area contributed by atoms with E-state index in [-0.39, 0.29) is 77.5 Å². The number of phosphoric acid groups is 1. The van der Waals surface area contributed by atoms with E-state index in [2.05, 4.69) is 27.1 Å². The molecule has 10 nitrogen and oxygen atoms in total. The third kappa shape index (κ3) is 8.02. The molecule has 1 saturated heterocycles. The fraction of sp³-hybridized carbons (Fsp3) is 0.462. The first kappa shape index (κ1) is 32.4. The normalized spacial score (nSPS) is 18.9. The smallest absolute Gasteiger partial charge is 0.790 e. The van der Waals surface area contributed by atoms with Gasteiger partial charge in [0, 0.05) is 37.3 Å². The molecule has 1 amide bonds. The number of hydrogen-bond acceptors (Lipinski definition) is 9. The maximum Gasteiger partial charge on any atom is 1.00 e. The van der Waals surface area contributed by atoms with Crippen LogP contribution in [0.4, 0.5) is 5.82 Å².